The highest BCUT2D eigenvalue weighted by Crippen LogP contribution is 2.31. The molecule has 4 rings (SSSR count). The van der Waals surface area contributed by atoms with Gasteiger partial charge in [0.1, 0.15) is 30.0 Å². The second-order valence-corrected chi connectivity index (χ2v) is 6.76. The number of anilines is 1. The zero-order valence-corrected chi connectivity index (χ0v) is 16.1. The van der Waals surface area contributed by atoms with Gasteiger partial charge in [0.2, 0.25) is 0 Å². The zero-order valence-electron chi connectivity index (χ0n) is 16.1. The predicted octanol–water partition coefficient (Wildman–Crippen LogP) is 2.95. The fourth-order valence-corrected chi connectivity index (χ4v) is 2.97. The molecule has 0 aliphatic carbocycles. The molecule has 3 heterocycles. The lowest BCUT2D eigenvalue weighted by Crippen LogP contribution is -2.34. The predicted molar refractivity (Wildman–Crippen MR) is 106 cm³/mol. The topological polar surface area (TPSA) is 98.5 Å². The van der Waals surface area contributed by atoms with Crippen molar-refractivity contribution in [2.24, 2.45) is 0 Å². The minimum Gasteiger partial charge on any atom is -0.486 e. The van der Waals surface area contributed by atoms with Crippen LogP contribution in [0, 0.1) is 6.92 Å². The van der Waals surface area contributed by atoms with Crippen molar-refractivity contribution >= 4 is 11.7 Å². The molecule has 1 aliphatic heterocycles. The number of rotatable bonds is 7. The number of carbonyl (C=O) groups is 1. The number of aromatic nitrogens is 2. The van der Waals surface area contributed by atoms with Crippen LogP contribution in [0.15, 0.2) is 53.2 Å². The number of nitrogens with zero attached hydrogens (tertiary/aromatic N) is 2. The molecular weight excluding hydrogens is 372 g/mol. The maximum absolute atomic E-state index is 12.3. The molecule has 1 aromatic carbocycles. The van der Waals surface area contributed by atoms with E-state index in [0.29, 0.717) is 37.5 Å². The SMILES string of the molecule is Cc1cc(CNc2ccc(C(=O)NCC[C@H]3COc4ccccc4O3)cn2)no1. The molecule has 2 N–H and O–H groups in total. The lowest BCUT2D eigenvalue weighted by atomic mass is 10.2. The summed E-state index contributed by atoms with van der Waals surface area (Å²) in [7, 11) is 0. The van der Waals surface area contributed by atoms with Crippen LogP contribution in [0.4, 0.5) is 5.82 Å². The number of pyridine rings is 1. The summed E-state index contributed by atoms with van der Waals surface area (Å²) in [6, 6.07) is 12.9. The number of carbonyl (C=O) groups excluding carboxylic acids is 1. The number of amides is 1. The van der Waals surface area contributed by atoms with E-state index >= 15 is 0 Å². The Labute approximate surface area is 168 Å². The van der Waals surface area contributed by atoms with E-state index in [1.54, 1.807) is 18.3 Å². The summed E-state index contributed by atoms with van der Waals surface area (Å²) >= 11 is 0. The van der Waals surface area contributed by atoms with Gasteiger partial charge < -0.3 is 24.6 Å². The van der Waals surface area contributed by atoms with E-state index in [1.165, 1.54) is 0 Å². The molecule has 8 nitrogen and oxygen atoms in total. The lowest BCUT2D eigenvalue weighted by Gasteiger charge is -2.26. The highest BCUT2D eigenvalue weighted by molar-refractivity contribution is 5.94. The molecule has 0 radical (unpaired) electrons. The van der Waals surface area contributed by atoms with Gasteiger partial charge in [0.15, 0.2) is 11.5 Å². The fourth-order valence-electron chi connectivity index (χ4n) is 2.97. The Morgan fingerprint density at radius 1 is 1.21 bits per heavy atom. The molecule has 0 spiro atoms. The van der Waals surface area contributed by atoms with E-state index in [0.717, 1.165) is 23.0 Å². The van der Waals surface area contributed by atoms with Gasteiger partial charge in [0.05, 0.1) is 12.1 Å². The molecule has 0 bridgehead atoms. The van der Waals surface area contributed by atoms with Crippen LogP contribution in [0.3, 0.4) is 0 Å². The monoisotopic (exact) mass is 394 g/mol. The van der Waals surface area contributed by atoms with Crippen LogP contribution < -0.4 is 20.1 Å². The third kappa shape index (κ3) is 4.84. The summed E-state index contributed by atoms with van der Waals surface area (Å²) < 4.78 is 16.6. The number of aryl methyl sites for hydroxylation is 1. The van der Waals surface area contributed by atoms with Crippen molar-refractivity contribution in [1.82, 2.24) is 15.5 Å². The Balaban J connectivity index is 1.21. The number of hydrogen-bond acceptors (Lipinski definition) is 7. The van der Waals surface area contributed by atoms with Crippen molar-refractivity contribution in [3.05, 3.63) is 65.7 Å². The van der Waals surface area contributed by atoms with Crippen molar-refractivity contribution in [3.63, 3.8) is 0 Å². The highest BCUT2D eigenvalue weighted by atomic mass is 16.6. The molecule has 1 aliphatic rings. The number of hydrogen-bond donors (Lipinski definition) is 2. The highest BCUT2D eigenvalue weighted by Gasteiger charge is 2.20. The molecule has 1 amide bonds. The molecule has 0 fully saturated rings. The van der Waals surface area contributed by atoms with Crippen molar-refractivity contribution < 1.29 is 18.8 Å². The third-order valence-electron chi connectivity index (χ3n) is 4.47. The maximum atomic E-state index is 12.3. The van der Waals surface area contributed by atoms with Gasteiger partial charge in [-0.3, -0.25) is 4.79 Å². The molecule has 3 aromatic rings. The first-order valence-corrected chi connectivity index (χ1v) is 9.46. The van der Waals surface area contributed by atoms with Crippen LogP contribution in [0.25, 0.3) is 0 Å². The van der Waals surface area contributed by atoms with Crippen LogP contribution in [0.1, 0.15) is 28.2 Å². The summed E-state index contributed by atoms with van der Waals surface area (Å²) in [4.78, 5) is 16.6. The zero-order chi connectivity index (χ0) is 20.1. The first-order chi connectivity index (χ1) is 14.2. The quantitative estimate of drug-likeness (QED) is 0.636. The standard InChI is InChI=1S/C21H22N4O4/c1-14-10-16(25-29-14)12-24-20-7-6-15(11-23-20)21(26)22-9-8-17-13-27-18-4-2-3-5-19(18)28-17/h2-7,10-11,17H,8-9,12-13H2,1H3,(H,22,26)(H,23,24)/t17-/m0/s1. The first kappa shape index (κ1) is 18.8. The van der Waals surface area contributed by atoms with Gasteiger partial charge in [-0.15, -0.1) is 0 Å². The van der Waals surface area contributed by atoms with Gasteiger partial charge in [-0.2, -0.15) is 0 Å². The molecule has 150 valence electrons. The molecule has 0 saturated heterocycles. The largest absolute Gasteiger partial charge is 0.486 e. The van der Waals surface area contributed by atoms with E-state index in [1.807, 2.05) is 37.3 Å². The van der Waals surface area contributed by atoms with Gasteiger partial charge in [-0.25, -0.2) is 4.98 Å². The summed E-state index contributed by atoms with van der Waals surface area (Å²) in [6.45, 7) is 3.30. The minimum absolute atomic E-state index is 0.0879. The second kappa shape index (κ2) is 8.64. The van der Waals surface area contributed by atoms with Gasteiger partial charge in [-0.1, -0.05) is 17.3 Å². The Hall–Kier alpha value is -3.55. The van der Waals surface area contributed by atoms with E-state index in [9.17, 15) is 4.79 Å². The fraction of sp³-hybridized carbons (Fsp3) is 0.286. The Kier molecular flexibility index (Phi) is 5.60. The normalized spacial score (nSPS) is 15.0. The third-order valence-corrected chi connectivity index (χ3v) is 4.47. The van der Waals surface area contributed by atoms with Crippen molar-refractivity contribution in [2.45, 2.75) is 26.0 Å². The average Bonchev–Trinajstić information content (AvgIpc) is 3.17. The van der Waals surface area contributed by atoms with E-state index in [4.69, 9.17) is 14.0 Å². The Morgan fingerprint density at radius 3 is 2.83 bits per heavy atom. The number of ether oxygens (including phenoxy) is 2. The number of benzene rings is 1. The first-order valence-electron chi connectivity index (χ1n) is 9.46. The van der Waals surface area contributed by atoms with Crippen molar-refractivity contribution in [2.75, 3.05) is 18.5 Å². The van der Waals surface area contributed by atoms with Crippen LogP contribution in [-0.2, 0) is 6.54 Å². The average molecular weight is 394 g/mol. The number of nitrogens with one attached hydrogen (secondary N) is 2. The van der Waals surface area contributed by atoms with Crippen molar-refractivity contribution in [1.29, 1.82) is 0 Å². The lowest BCUT2D eigenvalue weighted by molar-refractivity contribution is 0.0812. The van der Waals surface area contributed by atoms with Gasteiger partial charge >= 0.3 is 0 Å². The Morgan fingerprint density at radius 2 is 2.07 bits per heavy atom. The van der Waals surface area contributed by atoms with Gasteiger partial charge in [-0.05, 0) is 31.2 Å². The second-order valence-electron chi connectivity index (χ2n) is 6.76. The summed E-state index contributed by atoms with van der Waals surface area (Å²) in [5.74, 6) is 2.74. The molecule has 2 aromatic heterocycles. The van der Waals surface area contributed by atoms with E-state index in [2.05, 4.69) is 20.8 Å². The molecule has 29 heavy (non-hydrogen) atoms. The summed E-state index contributed by atoms with van der Waals surface area (Å²) in [5, 5.41) is 9.94. The smallest absolute Gasteiger partial charge is 0.252 e. The Bertz CT molecular complexity index is 971. The molecule has 1 atom stereocenters. The maximum Gasteiger partial charge on any atom is 0.252 e. The van der Waals surface area contributed by atoms with E-state index in [-0.39, 0.29) is 12.0 Å². The van der Waals surface area contributed by atoms with Crippen LogP contribution >= 0.6 is 0 Å². The van der Waals surface area contributed by atoms with Gasteiger partial charge in [0, 0.05) is 25.2 Å². The van der Waals surface area contributed by atoms with Gasteiger partial charge in [0.25, 0.3) is 5.91 Å². The van der Waals surface area contributed by atoms with E-state index < -0.39 is 0 Å². The number of fused-ring (bicyclic) bond motifs is 1. The van der Waals surface area contributed by atoms with Crippen molar-refractivity contribution in [3.8, 4) is 11.5 Å². The molecular formula is C21H22N4O4. The molecule has 0 saturated carbocycles. The molecule has 0 unspecified atom stereocenters. The van der Waals surface area contributed by atoms with Crippen LogP contribution in [0.5, 0.6) is 11.5 Å². The van der Waals surface area contributed by atoms with Crippen LogP contribution in [-0.4, -0.2) is 35.3 Å². The summed E-state index contributed by atoms with van der Waals surface area (Å²) in [6.07, 6.45) is 2.11. The minimum atomic E-state index is -0.173. The van der Waals surface area contributed by atoms with Crippen LogP contribution in [0.2, 0.25) is 0 Å². The molecule has 8 heteroatoms. The number of para-hydroxylation sites is 2. The summed E-state index contributed by atoms with van der Waals surface area (Å²) in [5.41, 5.74) is 1.29.